The van der Waals surface area contributed by atoms with Crippen LogP contribution in [-0.2, 0) is 0 Å². The number of hydrogen-bond donors (Lipinski definition) is 2. The van der Waals surface area contributed by atoms with Crippen LogP contribution in [0.15, 0.2) is 48.5 Å². The Morgan fingerprint density at radius 3 is 1.44 bits per heavy atom. The molecule has 0 aromatic heterocycles. The van der Waals surface area contributed by atoms with Gasteiger partial charge >= 0.3 is 0 Å². The average Bonchev–Trinajstić information content (AvgIpc) is 2.82. The van der Waals surface area contributed by atoms with Crippen LogP contribution in [0.5, 0.6) is 23.0 Å². The van der Waals surface area contributed by atoms with Gasteiger partial charge in [-0.1, -0.05) is 63.1 Å². The van der Waals surface area contributed by atoms with Gasteiger partial charge in [-0.3, -0.25) is 0 Å². The zero-order valence-corrected chi connectivity index (χ0v) is 20.6. The fourth-order valence-corrected chi connectivity index (χ4v) is 4.50. The van der Waals surface area contributed by atoms with E-state index >= 15 is 0 Å². The highest BCUT2D eigenvalue weighted by atomic mass is 16.5. The van der Waals surface area contributed by atoms with Crippen LogP contribution in [0.2, 0.25) is 0 Å². The molecular weight excluding hydrogens is 424 g/mol. The van der Waals surface area contributed by atoms with Crippen molar-refractivity contribution in [1.82, 2.24) is 0 Å². The topological polar surface area (TPSA) is 58.9 Å². The average molecular weight is 459 g/mol. The van der Waals surface area contributed by atoms with Gasteiger partial charge in [-0.15, -0.1) is 0 Å². The Bertz CT molecular complexity index is 1220. The molecule has 178 valence electrons. The largest absolute Gasteiger partial charge is 0.507 e. The molecule has 0 saturated heterocycles. The summed E-state index contributed by atoms with van der Waals surface area (Å²) in [7, 11) is 0. The number of benzene rings is 4. The molecule has 0 heterocycles. The van der Waals surface area contributed by atoms with E-state index < -0.39 is 0 Å². The van der Waals surface area contributed by atoms with Crippen LogP contribution in [0.25, 0.3) is 32.7 Å². The minimum Gasteiger partial charge on any atom is -0.507 e. The van der Waals surface area contributed by atoms with Crippen LogP contribution in [0.1, 0.15) is 50.7 Å². The van der Waals surface area contributed by atoms with Gasteiger partial charge in [-0.25, -0.2) is 0 Å². The van der Waals surface area contributed by atoms with Crippen LogP contribution in [-0.4, -0.2) is 23.4 Å². The first-order chi connectivity index (χ1) is 16.5. The van der Waals surface area contributed by atoms with E-state index in [0.717, 1.165) is 58.4 Å². The highest BCUT2D eigenvalue weighted by Gasteiger charge is 2.21. The van der Waals surface area contributed by atoms with Crippen molar-refractivity contribution in [2.24, 2.45) is 0 Å². The molecule has 0 unspecified atom stereocenters. The van der Waals surface area contributed by atoms with E-state index in [4.69, 9.17) is 9.47 Å². The highest BCUT2D eigenvalue weighted by molar-refractivity contribution is 6.06. The van der Waals surface area contributed by atoms with Gasteiger partial charge in [0.2, 0.25) is 0 Å². The molecule has 4 aromatic rings. The number of ether oxygens (including phenoxy) is 2. The summed E-state index contributed by atoms with van der Waals surface area (Å²) >= 11 is 0. The third-order valence-electron chi connectivity index (χ3n) is 6.41. The number of unbranched alkanes of at least 4 members (excludes halogenated alkanes) is 2. The maximum Gasteiger partial charge on any atom is 0.131 e. The molecule has 2 N–H and O–H groups in total. The molecule has 0 spiro atoms. The minimum absolute atomic E-state index is 0.138. The number of phenols is 2. The number of hydrogen-bond acceptors (Lipinski definition) is 4. The van der Waals surface area contributed by atoms with Gasteiger partial charge in [0.05, 0.1) is 13.2 Å². The number of aryl methyl sites for hydroxylation is 2. The number of aromatic hydroxyl groups is 2. The van der Waals surface area contributed by atoms with E-state index in [2.05, 4.69) is 13.8 Å². The van der Waals surface area contributed by atoms with Crippen molar-refractivity contribution in [1.29, 1.82) is 0 Å². The second-order valence-electron chi connectivity index (χ2n) is 8.94. The summed E-state index contributed by atoms with van der Waals surface area (Å²) in [6, 6.07) is 15.5. The van der Waals surface area contributed by atoms with Gasteiger partial charge < -0.3 is 19.7 Å². The monoisotopic (exact) mass is 458 g/mol. The van der Waals surface area contributed by atoms with Gasteiger partial charge in [0.25, 0.3) is 0 Å². The van der Waals surface area contributed by atoms with Crippen molar-refractivity contribution < 1.29 is 19.7 Å². The third kappa shape index (κ3) is 4.37. The van der Waals surface area contributed by atoms with E-state index in [1.807, 2.05) is 62.4 Å². The molecule has 4 aromatic carbocycles. The Labute approximate surface area is 201 Å². The Balaban J connectivity index is 1.99. The van der Waals surface area contributed by atoms with Crippen LogP contribution < -0.4 is 9.47 Å². The Kier molecular flexibility index (Phi) is 7.16. The zero-order valence-electron chi connectivity index (χ0n) is 20.6. The number of fused-ring (bicyclic) bond motifs is 2. The van der Waals surface area contributed by atoms with Crippen molar-refractivity contribution in [3.63, 3.8) is 0 Å². The summed E-state index contributed by atoms with van der Waals surface area (Å²) in [5.74, 6) is 1.69. The quantitative estimate of drug-likeness (QED) is 0.249. The van der Waals surface area contributed by atoms with Crippen LogP contribution in [0.3, 0.4) is 0 Å². The molecule has 4 nitrogen and oxygen atoms in total. The maximum absolute atomic E-state index is 11.4. The van der Waals surface area contributed by atoms with Gasteiger partial charge in [-0.05, 0) is 49.9 Å². The lowest BCUT2D eigenvalue weighted by atomic mass is 9.92. The second-order valence-corrected chi connectivity index (χ2v) is 8.94. The summed E-state index contributed by atoms with van der Waals surface area (Å²) in [5.41, 5.74) is 2.98. The highest BCUT2D eigenvalue weighted by Crippen LogP contribution is 2.49. The predicted octanol–water partition coefficient (Wildman–Crippen LogP) is 8.05. The Morgan fingerprint density at radius 1 is 0.647 bits per heavy atom. The number of phenolic OH excluding ortho intramolecular Hbond substituents is 2. The number of rotatable bonds is 9. The van der Waals surface area contributed by atoms with Gasteiger partial charge in [0, 0.05) is 32.7 Å². The normalized spacial score (nSPS) is 11.3. The second kappa shape index (κ2) is 10.3. The third-order valence-corrected chi connectivity index (χ3v) is 6.41. The molecule has 0 aliphatic rings. The molecule has 4 rings (SSSR count). The summed E-state index contributed by atoms with van der Waals surface area (Å²) in [5, 5.41) is 26.1. The van der Waals surface area contributed by atoms with Crippen LogP contribution >= 0.6 is 0 Å². The fraction of sp³-hybridized carbons (Fsp3) is 0.333. The molecule has 0 radical (unpaired) electrons. The van der Waals surface area contributed by atoms with Gasteiger partial charge in [-0.2, -0.15) is 0 Å². The van der Waals surface area contributed by atoms with Gasteiger partial charge in [0.1, 0.15) is 23.0 Å². The van der Waals surface area contributed by atoms with Crippen molar-refractivity contribution in [3.8, 4) is 34.1 Å². The van der Waals surface area contributed by atoms with Crippen molar-refractivity contribution in [3.05, 3.63) is 59.7 Å². The van der Waals surface area contributed by atoms with Crippen molar-refractivity contribution in [2.75, 3.05) is 13.2 Å². The molecule has 0 aliphatic carbocycles. The molecule has 0 atom stereocenters. The first-order valence-electron chi connectivity index (χ1n) is 12.2. The molecule has 0 bridgehead atoms. The molecule has 0 saturated carbocycles. The lowest BCUT2D eigenvalue weighted by Crippen LogP contribution is -2.00. The smallest absolute Gasteiger partial charge is 0.131 e. The summed E-state index contributed by atoms with van der Waals surface area (Å²) in [6.45, 7) is 9.40. The summed E-state index contributed by atoms with van der Waals surface area (Å²) in [4.78, 5) is 0. The van der Waals surface area contributed by atoms with Crippen LogP contribution in [0.4, 0.5) is 0 Å². The zero-order chi connectivity index (χ0) is 24.2. The van der Waals surface area contributed by atoms with Gasteiger partial charge in [0.15, 0.2) is 0 Å². The predicted molar refractivity (Wildman–Crippen MR) is 140 cm³/mol. The van der Waals surface area contributed by atoms with E-state index in [-0.39, 0.29) is 11.5 Å². The fourth-order valence-electron chi connectivity index (χ4n) is 4.50. The minimum atomic E-state index is 0.138. The molecule has 0 amide bonds. The van der Waals surface area contributed by atoms with E-state index in [1.165, 1.54) is 0 Å². The van der Waals surface area contributed by atoms with E-state index in [1.54, 1.807) is 0 Å². The lowest BCUT2D eigenvalue weighted by molar-refractivity contribution is 0.312. The van der Waals surface area contributed by atoms with E-state index in [9.17, 15) is 10.2 Å². The summed E-state index contributed by atoms with van der Waals surface area (Å²) in [6.07, 6.45) is 3.95. The molecular formula is C30H34O4. The molecule has 0 fully saturated rings. The maximum atomic E-state index is 11.4. The standard InChI is InChI=1S/C30H34O4/c1-5-7-15-33-25-17-23(29(31)27-19(3)11-9-13-21(25)27)24-18-26(34-16-8-6-2)22-14-10-12-20(4)28(22)30(24)32/h9-14,17-18,31-32H,5-8,15-16H2,1-4H3. The SMILES string of the molecule is CCCCOc1cc(-c2cc(OCCCC)c3cccc(C)c3c2O)c(O)c2c(C)cccc12. The lowest BCUT2D eigenvalue weighted by Gasteiger charge is -2.19. The first kappa shape index (κ1) is 23.7. The Hall–Kier alpha value is -3.40. The molecule has 0 aliphatic heterocycles. The first-order valence-corrected chi connectivity index (χ1v) is 12.2. The van der Waals surface area contributed by atoms with Crippen molar-refractivity contribution >= 4 is 21.5 Å². The van der Waals surface area contributed by atoms with Crippen molar-refractivity contribution in [2.45, 2.75) is 53.4 Å². The van der Waals surface area contributed by atoms with E-state index in [0.29, 0.717) is 35.8 Å². The molecule has 4 heteroatoms. The van der Waals surface area contributed by atoms with Crippen LogP contribution in [0, 0.1) is 13.8 Å². The Morgan fingerprint density at radius 2 is 1.06 bits per heavy atom. The summed E-state index contributed by atoms with van der Waals surface area (Å²) < 4.78 is 12.3. The molecule has 34 heavy (non-hydrogen) atoms.